The molecule has 0 bridgehead atoms. The molecule has 0 saturated carbocycles. The van der Waals surface area contributed by atoms with Crippen molar-refractivity contribution in [1.82, 2.24) is 9.97 Å². The van der Waals surface area contributed by atoms with Gasteiger partial charge in [-0.2, -0.15) is 0 Å². The zero-order valence-corrected chi connectivity index (χ0v) is 10.3. The third kappa shape index (κ3) is 1.83. The number of nitrogens with one attached hydrogen (secondary N) is 1. The first-order valence-electron chi connectivity index (χ1n) is 5.95. The lowest BCUT2D eigenvalue weighted by molar-refractivity contribution is 0.0686. The van der Waals surface area contributed by atoms with Crippen LogP contribution < -0.4 is 4.90 Å². The zero-order chi connectivity index (χ0) is 14.3. The number of carbonyl (C=O) groups excluding carboxylic acids is 1. The van der Waals surface area contributed by atoms with Gasteiger partial charge >= 0.3 is 5.97 Å². The second kappa shape index (κ2) is 4.44. The Balaban J connectivity index is 2.00. The number of hydrogen-bond acceptors (Lipinski definition) is 3. The average Bonchev–Trinajstić information content (AvgIpc) is 3.04. The number of carboxylic acid groups (broad SMARTS) is 1. The summed E-state index contributed by atoms with van der Waals surface area (Å²) < 4.78 is 13.3. The number of carboxylic acids is 1. The highest BCUT2D eigenvalue weighted by Gasteiger charge is 2.30. The van der Waals surface area contributed by atoms with Crippen molar-refractivity contribution in [2.24, 2.45) is 0 Å². The predicted octanol–water partition coefficient (Wildman–Crippen LogP) is 1.45. The van der Waals surface area contributed by atoms with Crippen LogP contribution in [0, 0.1) is 5.82 Å². The number of nitrogens with zero attached hydrogens (tertiary/aromatic N) is 2. The SMILES string of the molecule is O=C(O)c1[nH]cnc1C(=O)N1CCc2ccc(F)cc21. The highest BCUT2D eigenvalue weighted by molar-refractivity contribution is 6.10. The van der Waals surface area contributed by atoms with Gasteiger partial charge in [0, 0.05) is 6.54 Å². The van der Waals surface area contributed by atoms with Crippen molar-refractivity contribution in [3.8, 4) is 0 Å². The van der Waals surface area contributed by atoms with Crippen molar-refractivity contribution < 1.29 is 19.1 Å². The van der Waals surface area contributed by atoms with Gasteiger partial charge in [0.05, 0.1) is 12.0 Å². The number of imidazole rings is 1. The van der Waals surface area contributed by atoms with Gasteiger partial charge in [0.1, 0.15) is 5.82 Å². The molecular weight excluding hydrogens is 265 g/mol. The average molecular weight is 275 g/mol. The van der Waals surface area contributed by atoms with Crippen LogP contribution in [-0.4, -0.2) is 33.5 Å². The molecule has 102 valence electrons. The zero-order valence-electron chi connectivity index (χ0n) is 10.3. The number of halogens is 1. The number of aromatic nitrogens is 2. The van der Waals surface area contributed by atoms with E-state index in [2.05, 4.69) is 9.97 Å². The maximum Gasteiger partial charge on any atom is 0.354 e. The van der Waals surface area contributed by atoms with Gasteiger partial charge in [0.25, 0.3) is 5.91 Å². The molecule has 0 fully saturated rings. The molecule has 2 aromatic rings. The topological polar surface area (TPSA) is 86.3 Å². The smallest absolute Gasteiger partial charge is 0.354 e. The molecule has 1 aromatic carbocycles. The van der Waals surface area contributed by atoms with E-state index >= 15 is 0 Å². The molecule has 20 heavy (non-hydrogen) atoms. The van der Waals surface area contributed by atoms with Crippen molar-refractivity contribution in [3.63, 3.8) is 0 Å². The number of anilines is 1. The summed E-state index contributed by atoms with van der Waals surface area (Å²) in [5.74, 6) is -2.25. The molecular formula is C13H10FN3O3. The summed E-state index contributed by atoms with van der Waals surface area (Å²) in [7, 11) is 0. The van der Waals surface area contributed by atoms with Crippen LogP contribution in [0.1, 0.15) is 26.5 Å². The second-order valence-corrected chi connectivity index (χ2v) is 4.41. The van der Waals surface area contributed by atoms with Crippen LogP contribution in [0.25, 0.3) is 0 Å². The lowest BCUT2D eigenvalue weighted by Crippen LogP contribution is -2.30. The van der Waals surface area contributed by atoms with Crippen molar-refractivity contribution in [1.29, 1.82) is 0 Å². The molecule has 0 saturated heterocycles. The number of H-pyrrole nitrogens is 1. The van der Waals surface area contributed by atoms with E-state index in [9.17, 15) is 14.0 Å². The largest absolute Gasteiger partial charge is 0.477 e. The molecule has 6 nitrogen and oxygen atoms in total. The van der Waals surface area contributed by atoms with Gasteiger partial charge in [0.15, 0.2) is 11.4 Å². The van der Waals surface area contributed by atoms with E-state index in [4.69, 9.17) is 5.11 Å². The summed E-state index contributed by atoms with van der Waals surface area (Å²) in [6, 6.07) is 4.23. The van der Waals surface area contributed by atoms with Crippen molar-refractivity contribution in [2.45, 2.75) is 6.42 Å². The van der Waals surface area contributed by atoms with E-state index in [0.717, 1.165) is 11.9 Å². The van der Waals surface area contributed by atoms with Crippen molar-refractivity contribution in [2.75, 3.05) is 11.4 Å². The molecule has 2 heterocycles. The lowest BCUT2D eigenvalue weighted by Gasteiger charge is -2.16. The molecule has 1 amide bonds. The van der Waals surface area contributed by atoms with E-state index in [1.807, 2.05) is 0 Å². The van der Waals surface area contributed by atoms with E-state index in [1.165, 1.54) is 17.0 Å². The predicted molar refractivity (Wildman–Crippen MR) is 67.3 cm³/mol. The summed E-state index contributed by atoms with van der Waals surface area (Å²) >= 11 is 0. The monoisotopic (exact) mass is 275 g/mol. The number of rotatable bonds is 2. The Kier molecular flexibility index (Phi) is 2.74. The first-order chi connectivity index (χ1) is 9.58. The molecule has 2 N–H and O–H groups in total. The fourth-order valence-electron chi connectivity index (χ4n) is 2.31. The molecule has 1 aliphatic heterocycles. The van der Waals surface area contributed by atoms with Crippen LogP contribution in [0.4, 0.5) is 10.1 Å². The minimum Gasteiger partial charge on any atom is -0.477 e. The van der Waals surface area contributed by atoms with E-state index in [-0.39, 0.29) is 11.4 Å². The number of hydrogen-bond donors (Lipinski definition) is 2. The quantitative estimate of drug-likeness (QED) is 0.868. The molecule has 0 spiro atoms. The Morgan fingerprint density at radius 1 is 1.40 bits per heavy atom. The van der Waals surface area contributed by atoms with Crippen LogP contribution in [-0.2, 0) is 6.42 Å². The van der Waals surface area contributed by atoms with Crippen molar-refractivity contribution >= 4 is 17.6 Å². The Labute approximate surface area is 112 Å². The maximum atomic E-state index is 13.3. The molecule has 0 unspecified atom stereocenters. The number of fused-ring (bicyclic) bond motifs is 1. The summed E-state index contributed by atoms with van der Waals surface area (Å²) in [5.41, 5.74) is 0.885. The number of benzene rings is 1. The highest BCUT2D eigenvalue weighted by atomic mass is 19.1. The summed E-state index contributed by atoms with van der Waals surface area (Å²) in [6.45, 7) is 0.379. The van der Waals surface area contributed by atoms with Crippen LogP contribution in [0.15, 0.2) is 24.5 Å². The maximum absolute atomic E-state index is 13.3. The first kappa shape index (κ1) is 12.3. The third-order valence-electron chi connectivity index (χ3n) is 3.24. The Bertz CT molecular complexity index is 711. The molecule has 1 aromatic heterocycles. The van der Waals surface area contributed by atoms with Crippen LogP contribution in [0.3, 0.4) is 0 Å². The third-order valence-corrected chi connectivity index (χ3v) is 3.24. The normalized spacial score (nSPS) is 13.3. The molecule has 0 radical (unpaired) electrons. The Morgan fingerprint density at radius 3 is 2.95 bits per heavy atom. The summed E-state index contributed by atoms with van der Waals surface area (Å²) in [6.07, 6.45) is 1.76. The van der Waals surface area contributed by atoms with Gasteiger partial charge in [-0.15, -0.1) is 0 Å². The van der Waals surface area contributed by atoms with Crippen LogP contribution in [0.2, 0.25) is 0 Å². The minimum absolute atomic E-state index is 0.172. The summed E-state index contributed by atoms with van der Waals surface area (Å²) in [4.78, 5) is 30.9. The Hall–Kier alpha value is -2.70. The fourth-order valence-corrected chi connectivity index (χ4v) is 2.31. The lowest BCUT2D eigenvalue weighted by atomic mass is 10.1. The van der Waals surface area contributed by atoms with Crippen LogP contribution >= 0.6 is 0 Å². The molecule has 0 aliphatic carbocycles. The molecule has 1 aliphatic rings. The van der Waals surface area contributed by atoms with Gasteiger partial charge in [0.2, 0.25) is 0 Å². The Morgan fingerprint density at radius 2 is 2.20 bits per heavy atom. The number of carbonyl (C=O) groups is 2. The molecule has 3 rings (SSSR count). The van der Waals surface area contributed by atoms with Crippen molar-refractivity contribution in [3.05, 3.63) is 47.3 Å². The van der Waals surface area contributed by atoms with E-state index in [1.54, 1.807) is 6.07 Å². The standard InChI is InChI=1S/C13H10FN3O3/c14-8-2-1-7-3-4-17(9(7)5-8)12(18)10-11(13(19)20)16-6-15-10/h1-2,5-6H,3-4H2,(H,15,16)(H,19,20). The second-order valence-electron chi connectivity index (χ2n) is 4.41. The fraction of sp³-hybridized carbons (Fsp3) is 0.154. The van der Waals surface area contributed by atoms with Gasteiger partial charge < -0.3 is 15.0 Å². The van der Waals surface area contributed by atoms with Gasteiger partial charge in [-0.3, -0.25) is 4.79 Å². The van der Waals surface area contributed by atoms with Gasteiger partial charge in [-0.05, 0) is 24.1 Å². The van der Waals surface area contributed by atoms with Crippen LogP contribution in [0.5, 0.6) is 0 Å². The van der Waals surface area contributed by atoms with Gasteiger partial charge in [-0.1, -0.05) is 6.07 Å². The van der Waals surface area contributed by atoms with Gasteiger partial charge in [-0.25, -0.2) is 14.2 Å². The highest BCUT2D eigenvalue weighted by Crippen LogP contribution is 2.30. The number of amides is 1. The number of aromatic amines is 1. The minimum atomic E-state index is -1.26. The summed E-state index contributed by atoms with van der Waals surface area (Å²) in [5, 5.41) is 8.98. The van der Waals surface area contributed by atoms with E-state index < -0.39 is 17.7 Å². The number of aromatic carboxylic acids is 1. The first-order valence-corrected chi connectivity index (χ1v) is 5.95. The van der Waals surface area contributed by atoms with E-state index in [0.29, 0.717) is 18.7 Å². The molecule has 0 atom stereocenters. The molecule has 7 heteroatoms.